The summed E-state index contributed by atoms with van der Waals surface area (Å²) in [5.74, 6) is 2.01. The van der Waals surface area contributed by atoms with E-state index in [0.29, 0.717) is 12.2 Å². The molecule has 0 unspecified atom stereocenters. The number of aryl methyl sites for hydroxylation is 2. The second kappa shape index (κ2) is 5.23. The first-order chi connectivity index (χ1) is 8.56. The zero-order valence-corrected chi connectivity index (χ0v) is 10.9. The van der Waals surface area contributed by atoms with Gasteiger partial charge in [-0.15, -0.1) is 0 Å². The van der Waals surface area contributed by atoms with Gasteiger partial charge in [-0.2, -0.15) is 0 Å². The smallest absolute Gasteiger partial charge is 0.138 e. The third-order valence-corrected chi connectivity index (χ3v) is 2.85. The van der Waals surface area contributed by atoms with Crippen LogP contribution in [0.5, 0.6) is 5.75 Å². The van der Waals surface area contributed by atoms with Crippen LogP contribution in [0.1, 0.15) is 35.9 Å². The maximum absolute atomic E-state index is 9.70. The van der Waals surface area contributed by atoms with E-state index in [4.69, 9.17) is 4.42 Å². The van der Waals surface area contributed by atoms with Gasteiger partial charge in [-0.1, -0.05) is 0 Å². The van der Waals surface area contributed by atoms with E-state index in [1.807, 2.05) is 32.9 Å². The Balaban J connectivity index is 2.01. The van der Waals surface area contributed by atoms with Gasteiger partial charge in [-0.05, 0) is 45.0 Å². The molecule has 1 atom stereocenters. The van der Waals surface area contributed by atoms with Crippen LogP contribution in [-0.2, 0) is 6.54 Å². The number of pyridine rings is 1. The molecule has 0 amide bonds. The highest BCUT2D eigenvalue weighted by atomic mass is 16.3. The van der Waals surface area contributed by atoms with Crippen LogP contribution in [0, 0.1) is 13.8 Å². The molecule has 2 aromatic heterocycles. The Kier molecular flexibility index (Phi) is 3.67. The van der Waals surface area contributed by atoms with E-state index in [1.54, 1.807) is 12.1 Å². The zero-order chi connectivity index (χ0) is 13.1. The van der Waals surface area contributed by atoms with E-state index in [9.17, 15) is 5.11 Å². The number of hydrogen-bond donors (Lipinski definition) is 2. The van der Waals surface area contributed by atoms with E-state index >= 15 is 0 Å². The number of hydrogen-bond acceptors (Lipinski definition) is 4. The van der Waals surface area contributed by atoms with Crippen molar-refractivity contribution in [1.29, 1.82) is 0 Å². The molecule has 18 heavy (non-hydrogen) atoms. The van der Waals surface area contributed by atoms with Gasteiger partial charge in [0.25, 0.3) is 0 Å². The lowest BCUT2D eigenvalue weighted by Crippen LogP contribution is -2.18. The van der Waals surface area contributed by atoms with Gasteiger partial charge >= 0.3 is 0 Å². The Bertz CT molecular complexity index is 534. The molecule has 0 fully saturated rings. The lowest BCUT2D eigenvalue weighted by Gasteiger charge is -2.12. The predicted octanol–water partition coefficient (Wildman–Crippen LogP) is 2.85. The van der Waals surface area contributed by atoms with E-state index in [0.717, 1.165) is 17.2 Å². The fourth-order valence-electron chi connectivity index (χ4n) is 1.77. The zero-order valence-electron chi connectivity index (χ0n) is 10.9. The molecule has 2 rings (SSSR count). The second-order valence-corrected chi connectivity index (χ2v) is 4.47. The normalized spacial score (nSPS) is 12.6. The topological polar surface area (TPSA) is 58.3 Å². The molecular formula is C14H18N2O2. The summed E-state index contributed by atoms with van der Waals surface area (Å²) in [5, 5.41) is 13.0. The first-order valence-corrected chi connectivity index (χ1v) is 6.01. The van der Waals surface area contributed by atoms with Crippen molar-refractivity contribution in [2.75, 3.05) is 0 Å². The lowest BCUT2D eigenvalue weighted by atomic mass is 10.2. The van der Waals surface area contributed by atoms with Gasteiger partial charge in [0, 0.05) is 12.2 Å². The van der Waals surface area contributed by atoms with E-state index in [1.165, 1.54) is 0 Å². The van der Waals surface area contributed by atoms with Crippen LogP contribution in [0.3, 0.4) is 0 Å². The Morgan fingerprint density at radius 3 is 2.72 bits per heavy atom. The van der Waals surface area contributed by atoms with Crippen LogP contribution in [-0.4, -0.2) is 10.1 Å². The standard InChI is InChI=1S/C14H18N2O2/c1-9-4-6-13(17)12(16-9)8-15-11(3)14-7-5-10(2)18-14/h4-7,11,15,17H,8H2,1-3H3/t11-/m1/s1. The van der Waals surface area contributed by atoms with Crippen molar-refractivity contribution in [3.8, 4) is 5.75 Å². The largest absolute Gasteiger partial charge is 0.506 e. The van der Waals surface area contributed by atoms with E-state index < -0.39 is 0 Å². The van der Waals surface area contributed by atoms with Crippen molar-refractivity contribution in [2.45, 2.75) is 33.4 Å². The number of nitrogens with zero attached hydrogens (tertiary/aromatic N) is 1. The lowest BCUT2D eigenvalue weighted by molar-refractivity contribution is 0.407. The Morgan fingerprint density at radius 2 is 2.06 bits per heavy atom. The van der Waals surface area contributed by atoms with Gasteiger partial charge in [0.1, 0.15) is 17.3 Å². The fraction of sp³-hybridized carbons (Fsp3) is 0.357. The third kappa shape index (κ3) is 2.90. The highest BCUT2D eigenvalue weighted by Gasteiger charge is 2.10. The van der Waals surface area contributed by atoms with Crippen molar-refractivity contribution in [2.24, 2.45) is 0 Å². The van der Waals surface area contributed by atoms with E-state index in [-0.39, 0.29) is 11.8 Å². The van der Waals surface area contributed by atoms with Crippen molar-refractivity contribution in [3.05, 3.63) is 47.2 Å². The molecule has 4 nitrogen and oxygen atoms in total. The minimum absolute atomic E-state index is 0.0837. The monoisotopic (exact) mass is 246 g/mol. The first-order valence-electron chi connectivity index (χ1n) is 6.01. The minimum atomic E-state index is 0.0837. The van der Waals surface area contributed by atoms with Gasteiger partial charge < -0.3 is 14.8 Å². The fourth-order valence-corrected chi connectivity index (χ4v) is 1.77. The summed E-state index contributed by atoms with van der Waals surface area (Å²) in [5.41, 5.74) is 1.55. The average molecular weight is 246 g/mol. The number of aromatic hydroxyl groups is 1. The van der Waals surface area contributed by atoms with Crippen molar-refractivity contribution in [3.63, 3.8) is 0 Å². The first kappa shape index (κ1) is 12.6. The molecule has 0 aliphatic rings. The van der Waals surface area contributed by atoms with Crippen LogP contribution < -0.4 is 5.32 Å². The molecule has 2 heterocycles. The van der Waals surface area contributed by atoms with Crippen LogP contribution in [0.2, 0.25) is 0 Å². The van der Waals surface area contributed by atoms with Crippen LogP contribution in [0.25, 0.3) is 0 Å². The summed E-state index contributed by atoms with van der Waals surface area (Å²) in [7, 11) is 0. The number of nitrogens with one attached hydrogen (secondary N) is 1. The van der Waals surface area contributed by atoms with E-state index in [2.05, 4.69) is 10.3 Å². The molecule has 0 radical (unpaired) electrons. The predicted molar refractivity (Wildman–Crippen MR) is 69.3 cm³/mol. The number of aromatic nitrogens is 1. The Hall–Kier alpha value is -1.81. The van der Waals surface area contributed by atoms with Crippen LogP contribution in [0.4, 0.5) is 0 Å². The molecule has 0 aliphatic carbocycles. The summed E-state index contributed by atoms with van der Waals surface area (Å²) in [4.78, 5) is 4.30. The molecule has 4 heteroatoms. The summed E-state index contributed by atoms with van der Waals surface area (Å²) in [6.45, 7) is 6.35. The summed E-state index contributed by atoms with van der Waals surface area (Å²) in [6.07, 6.45) is 0. The summed E-state index contributed by atoms with van der Waals surface area (Å²) >= 11 is 0. The van der Waals surface area contributed by atoms with Gasteiger partial charge in [-0.25, -0.2) is 0 Å². The van der Waals surface area contributed by atoms with Crippen LogP contribution in [0.15, 0.2) is 28.7 Å². The molecular weight excluding hydrogens is 228 g/mol. The molecule has 2 N–H and O–H groups in total. The van der Waals surface area contributed by atoms with Crippen molar-refractivity contribution >= 4 is 0 Å². The van der Waals surface area contributed by atoms with Crippen molar-refractivity contribution < 1.29 is 9.52 Å². The molecule has 0 aliphatic heterocycles. The summed E-state index contributed by atoms with van der Waals surface area (Å²) in [6, 6.07) is 7.44. The summed E-state index contributed by atoms with van der Waals surface area (Å²) < 4.78 is 5.54. The van der Waals surface area contributed by atoms with Gasteiger partial charge in [0.2, 0.25) is 0 Å². The Morgan fingerprint density at radius 1 is 1.28 bits per heavy atom. The quantitative estimate of drug-likeness (QED) is 0.871. The number of rotatable bonds is 4. The maximum Gasteiger partial charge on any atom is 0.138 e. The maximum atomic E-state index is 9.70. The third-order valence-electron chi connectivity index (χ3n) is 2.85. The SMILES string of the molecule is Cc1ccc(O)c(CN[C@H](C)c2ccc(C)o2)n1. The van der Waals surface area contributed by atoms with Gasteiger partial charge in [0.05, 0.1) is 11.7 Å². The molecule has 0 spiro atoms. The van der Waals surface area contributed by atoms with Crippen molar-refractivity contribution in [1.82, 2.24) is 10.3 Å². The van der Waals surface area contributed by atoms with Gasteiger partial charge in [-0.3, -0.25) is 4.98 Å². The second-order valence-electron chi connectivity index (χ2n) is 4.47. The van der Waals surface area contributed by atoms with Gasteiger partial charge in [0.15, 0.2) is 0 Å². The molecule has 0 saturated heterocycles. The highest BCUT2D eigenvalue weighted by molar-refractivity contribution is 5.27. The molecule has 2 aromatic rings. The molecule has 96 valence electrons. The molecule has 0 aromatic carbocycles. The average Bonchev–Trinajstić information content (AvgIpc) is 2.77. The highest BCUT2D eigenvalue weighted by Crippen LogP contribution is 2.18. The molecule has 0 saturated carbocycles. The molecule has 0 bridgehead atoms. The minimum Gasteiger partial charge on any atom is -0.506 e. The van der Waals surface area contributed by atoms with Crippen LogP contribution >= 0.6 is 0 Å². The Labute approximate surface area is 107 Å². The number of furan rings is 1.